The van der Waals surface area contributed by atoms with E-state index in [0.29, 0.717) is 12.4 Å². The standard InChI is InChI=1S/C14H23N3O2S/c1-4-14(5-2,10-18)9-15-8-11-12(19-3)16-13-17(11)6-7-20-13/h6-7,15,18H,4-5,8-10H2,1-3H3. The maximum atomic E-state index is 9.59. The van der Waals surface area contributed by atoms with Gasteiger partial charge < -0.3 is 15.2 Å². The highest BCUT2D eigenvalue weighted by atomic mass is 32.1. The molecule has 0 atom stereocenters. The summed E-state index contributed by atoms with van der Waals surface area (Å²) < 4.78 is 7.39. The first-order valence-electron chi connectivity index (χ1n) is 6.99. The normalized spacial score (nSPS) is 12.2. The van der Waals surface area contributed by atoms with Gasteiger partial charge in [-0.15, -0.1) is 11.3 Å². The summed E-state index contributed by atoms with van der Waals surface area (Å²) >= 11 is 1.59. The number of thiazole rings is 1. The smallest absolute Gasteiger partial charge is 0.237 e. The van der Waals surface area contributed by atoms with Crippen LogP contribution in [0.1, 0.15) is 32.4 Å². The summed E-state index contributed by atoms with van der Waals surface area (Å²) in [6, 6.07) is 0. The van der Waals surface area contributed by atoms with Crippen LogP contribution in [0.25, 0.3) is 4.96 Å². The van der Waals surface area contributed by atoms with Gasteiger partial charge in [-0.25, -0.2) is 0 Å². The van der Waals surface area contributed by atoms with Gasteiger partial charge in [-0.05, 0) is 12.8 Å². The van der Waals surface area contributed by atoms with E-state index in [-0.39, 0.29) is 12.0 Å². The molecule has 0 amide bonds. The third kappa shape index (κ3) is 2.82. The fraction of sp³-hybridized carbons (Fsp3) is 0.643. The van der Waals surface area contributed by atoms with E-state index in [9.17, 15) is 5.11 Å². The highest BCUT2D eigenvalue weighted by Crippen LogP contribution is 2.26. The van der Waals surface area contributed by atoms with E-state index >= 15 is 0 Å². The minimum atomic E-state index is -0.0360. The van der Waals surface area contributed by atoms with Gasteiger partial charge in [0.25, 0.3) is 0 Å². The van der Waals surface area contributed by atoms with Gasteiger partial charge in [0.2, 0.25) is 5.88 Å². The van der Waals surface area contributed by atoms with Crippen molar-refractivity contribution in [3.63, 3.8) is 0 Å². The summed E-state index contributed by atoms with van der Waals surface area (Å²) in [5.74, 6) is 0.673. The number of methoxy groups -OCH3 is 1. The van der Waals surface area contributed by atoms with Crippen LogP contribution in [0.3, 0.4) is 0 Å². The average molecular weight is 297 g/mol. The molecule has 2 aromatic heterocycles. The fourth-order valence-electron chi connectivity index (χ4n) is 2.36. The van der Waals surface area contributed by atoms with E-state index in [1.165, 1.54) is 0 Å². The average Bonchev–Trinajstić information content (AvgIpc) is 3.05. The van der Waals surface area contributed by atoms with Crippen molar-refractivity contribution < 1.29 is 9.84 Å². The lowest BCUT2D eigenvalue weighted by Crippen LogP contribution is -2.36. The predicted molar refractivity (Wildman–Crippen MR) is 81.4 cm³/mol. The molecule has 0 aromatic carbocycles. The molecule has 0 saturated carbocycles. The molecule has 2 N–H and O–H groups in total. The quantitative estimate of drug-likeness (QED) is 0.785. The van der Waals surface area contributed by atoms with Crippen LogP contribution in [0.4, 0.5) is 0 Å². The highest BCUT2D eigenvalue weighted by Gasteiger charge is 2.25. The topological polar surface area (TPSA) is 58.8 Å². The molecule has 0 fully saturated rings. The zero-order valence-corrected chi connectivity index (χ0v) is 13.2. The number of fused-ring (bicyclic) bond motifs is 1. The van der Waals surface area contributed by atoms with Gasteiger partial charge in [-0.1, -0.05) is 13.8 Å². The number of hydrogen-bond acceptors (Lipinski definition) is 5. The molecule has 2 heterocycles. The Balaban J connectivity index is 2.07. The number of rotatable bonds is 8. The van der Waals surface area contributed by atoms with Crippen molar-refractivity contribution in [1.82, 2.24) is 14.7 Å². The van der Waals surface area contributed by atoms with Crippen LogP contribution in [-0.2, 0) is 6.54 Å². The van der Waals surface area contributed by atoms with Crippen LogP contribution in [0, 0.1) is 5.41 Å². The van der Waals surface area contributed by atoms with Crippen LogP contribution in [0.2, 0.25) is 0 Å². The Bertz CT molecular complexity index is 537. The fourth-order valence-corrected chi connectivity index (χ4v) is 3.09. The molecule has 2 rings (SSSR count). The van der Waals surface area contributed by atoms with Gasteiger partial charge in [0.05, 0.1) is 7.11 Å². The van der Waals surface area contributed by atoms with Crippen molar-refractivity contribution >= 4 is 16.3 Å². The van der Waals surface area contributed by atoms with Gasteiger partial charge in [0, 0.05) is 36.7 Å². The number of aromatic nitrogens is 2. The zero-order chi connectivity index (χ0) is 14.6. The summed E-state index contributed by atoms with van der Waals surface area (Å²) in [5.41, 5.74) is 0.994. The van der Waals surface area contributed by atoms with Gasteiger partial charge >= 0.3 is 0 Å². The van der Waals surface area contributed by atoms with Crippen LogP contribution in [-0.4, -0.2) is 34.8 Å². The Morgan fingerprint density at radius 1 is 1.45 bits per heavy atom. The predicted octanol–water partition coefficient (Wildman–Crippen LogP) is 2.29. The molecule has 5 nitrogen and oxygen atoms in total. The molecular weight excluding hydrogens is 274 g/mol. The van der Waals surface area contributed by atoms with Crippen LogP contribution < -0.4 is 10.1 Å². The summed E-state index contributed by atoms with van der Waals surface area (Å²) in [6.07, 6.45) is 3.93. The van der Waals surface area contributed by atoms with Gasteiger partial charge in [0.15, 0.2) is 4.96 Å². The van der Waals surface area contributed by atoms with Gasteiger partial charge in [0.1, 0.15) is 5.69 Å². The lowest BCUT2D eigenvalue weighted by Gasteiger charge is -2.29. The minimum absolute atomic E-state index is 0.0360. The van der Waals surface area contributed by atoms with Crippen molar-refractivity contribution in [1.29, 1.82) is 0 Å². The Morgan fingerprint density at radius 3 is 2.80 bits per heavy atom. The van der Waals surface area contributed by atoms with E-state index in [1.807, 2.05) is 11.6 Å². The molecule has 0 unspecified atom stereocenters. The molecule has 0 aliphatic rings. The van der Waals surface area contributed by atoms with Crippen LogP contribution >= 0.6 is 11.3 Å². The summed E-state index contributed by atoms with van der Waals surface area (Å²) in [4.78, 5) is 5.38. The molecule has 20 heavy (non-hydrogen) atoms. The summed E-state index contributed by atoms with van der Waals surface area (Å²) in [5, 5.41) is 15.0. The van der Waals surface area contributed by atoms with Crippen molar-refractivity contribution in [2.45, 2.75) is 33.2 Å². The third-order valence-electron chi connectivity index (χ3n) is 4.15. The SMILES string of the molecule is CCC(CC)(CO)CNCc1c(OC)nc2sccn12. The molecule has 2 aromatic rings. The van der Waals surface area contributed by atoms with E-state index in [2.05, 4.69) is 28.5 Å². The maximum Gasteiger partial charge on any atom is 0.237 e. The number of nitrogens with one attached hydrogen (secondary N) is 1. The van der Waals surface area contributed by atoms with Gasteiger partial charge in [-0.3, -0.25) is 4.40 Å². The molecule has 0 bridgehead atoms. The summed E-state index contributed by atoms with van der Waals surface area (Å²) in [6.45, 7) is 5.93. The lowest BCUT2D eigenvalue weighted by atomic mass is 9.83. The Morgan fingerprint density at radius 2 is 2.20 bits per heavy atom. The van der Waals surface area contributed by atoms with Crippen LogP contribution in [0.15, 0.2) is 11.6 Å². The summed E-state index contributed by atoms with van der Waals surface area (Å²) in [7, 11) is 1.64. The second-order valence-electron chi connectivity index (χ2n) is 5.09. The Labute approximate surface area is 123 Å². The number of hydrogen-bond donors (Lipinski definition) is 2. The monoisotopic (exact) mass is 297 g/mol. The van der Waals surface area contributed by atoms with Crippen molar-refractivity contribution in [2.24, 2.45) is 5.41 Å². The molecule has 0 aliphatic heterocycles. The molecule has 0 spiro atoms. The molecular formula is C14H23N3O2S. The second-order valence-corrected chi connectivity index (χ2v) is 5.97. The van der Waals surface area contributed by atoms with Crippen molar-refractivity contribution in [3.05, 3.63) is 17.3 Å². The molecule has 0 saturated heterocycles. The molecule has 0 radical (unpaired) electrons. The van der Waals surface area contributed by atoms with E-state index in [4.69, 9.17) is 4.74 Å². The number of nitrogens with zero attached hydrogens (tertiary/aromatic N) is 2. The molecule has 0 aliphatic carbocycles. The van der Waals surface area contributed by atoms with Crippen molar-refractivity contribution in [2.75, 3.05) is 20.3 Å². The van der Waals surface area contributed by atoms with E-state index in [0.717, 1.165) is 30.0 Å². The molecule has 112 valence electrons. The van der Waals surface area contributed by atoms with Crippen molar-refractivity contribution in [3.8, 4) is 5.88 Å². The number of aliphatic hydroxyl groups excluding tert-OH is 1. The number of aliphatic hydroxyl groups is 1. The van der Waals surface area contributed by atoms with E-state index in [1.54, 1.807) is 18.4 Å². The Kier molecular flexibility index (Phi) is 5.01. The van der Waals surface area contributed by atoms with Crippen LogP contribution in [0.5, 0.6) is 5.88 Å². The first-order chi connectivity index (χ1) is 9.69. The first kappa shape index (κ1) is 15.3. The second kappa shape index (κ2) is 6.56. The zero-order valence-electron chi connectivity index (χ0n) is 12.3. The third-order valence-corrected chi connectivity index (χ3v) is 4.90. The number of imidazole rings is 1. The molecule has 6 heteroatoms. The maximum absolute atomic E-state index is 9.59. The number of ether oxygens (including phenoxy) is 1. The highest BCUT2D eigenvalue weighted by molar-refractivity contribution is 7.15. The first-order valence-corrected chi connectivity index (χ1v) is 7.87. The lowest BCUT2D eigenvalue weighted by molar-refractivity contribution is 0.113. The largest absolute Gasteiger partial charge is 0.480 e. The minimum Gasteiger partial charge on any atom is -0.480 e. The Hall–Kier alpha value is -1.11. The van der Waals surface area contributed by atoms with E-state index < -0.39 is 0 Å². The van der Waals surface area contributed by atoms with Gasteiger partial charge in [-0.2, -0.15) is 4.98 Å².